The molecule has 4 aromatic carbocycles. The summed E-state index contributed by atoms with van der Waals surface area (Å²) in [4.78, 5) is 9.55. The number of pyridine rings is 1. The van der Waals surface area contributed by atoms with E-state index in [1.807, 2.05) is 0 Å². The fourth-order valence-corrected chi connectivity index (χ4v) is 6.28. The van der Waals surface area contributed by atoms with Crippen molar-refractivity contribution in [3.63, 3.8) is 0 Å². The minimum Gasteiger partial charge on any atom is -0.308 e. The monoisotopic (exact) mass is 469 g/mol. The molecule has 0 bridgehead atoms. The summed E-state index contributed by atoms with van der Waals surface area (Å²) in [6, 6.07) is 20.8. The summed E-state index contributed by atoms with van der Waals surface area (Å²) in [5.41, 5.74) is 10.1. The second kappa shape index (κ2) is 7.16. The topological polar surface area (TPSA) is 30.2 Å². The van der Waals surface area contributed by atoms with Crippen LogP contribution in [-0.2, 0) is 6.42 Å². The maximum atomic E-state index is 4.88. The summed E-state index contributed by atoms with van der Waals surface area (Å²) in [6.07, 6.45) is 2.78. The standard InChI is InChI=1S/C33H31N3/c1-18(2)21-8-12-28-25(14-21)24-10-11-27-29-30(35-17-34-27)26-15-22-13-20(16-33(4,5)6)7-9-23(22)19(3)31(26)36(28)32(24)29/h7-15,17-18H,16H2,1-6H3. The number of rotatable bonds is 2. The summed E-state index contributed by atoms with van der Waals surface area (Å²) < 4.78 is 2.49. The van der Waals surface area contributed by atoms with E-state index < -0.39 is 0 Å². The molecule has 3 aromatic heterocycles. The van der Waals surface area contributed by atoms with Gasteiger partial charge in [-0.05, 0) is 82.5 Å². The van der Waals surface area contributed by atoms with Crippen LogP contribution in [0.5, 0.6) is 0 Å². The van der Waals surface area contributed by atoms with Gasteiger partial charge in [0.25, 0.3) is 0 Å². The number of benzene rings is 4. The van der Waals surface area contributed by atoms with Gasteiger partial charge in [-0.15, -0.1) is 0 Å². The molecule has 3 nitrogen and oxygen atoms in total. The van der Waals surface area contributed by atoms with Crippen LogP contribution < -0.4 is 0 Å². The number of aryl methyl sites for hydroxylation is 1. The number of hydrogen-bond acceptors (Lipinski definition) is 2. The first-order valence-electron chi connectivity index (χ1n) is 13.0. The minimum absolute atomic E-state index is 0.249. The van der Waals surface area contributed by atoms with Crippen LogP contribution in [0.1, 0.15) is 57.2 Å². The summed E-state index contributed by atoms with van der Waals surface area (Å²) in [5, 5.41) is 7.54. The Morgan fingerprint density at radius 3 is 2.39 bits per heavy atom. The molecule has 0 atom stereocenters. The van der Waals surface area contributed by atoms with Crippen molar-refractivity contribution in [3.8, 4) is 0 Å². The molecule has 0 aliphatic heterocycles. The molecule has 0 spiro atoms. The van der Waals surface area contributed by atoms with Gasteiger partial charge >= 0.3 is 0 Å². The molecule has 7 aromatic rings. The Morgan fingerprint density at radius 1 is 0.806 bits per heavy atom. The molecule has 0 aliphatic rings. The highest BCUT2D eigenvalue weighted by molar-refractivity contribution is 6.28. The van der Waals surface area contributed by atoms with E-state index >= 15 is 0 Å². The molecule has 178 valence electrons. The van der Waals surface area contributed by atoms with Crippen LogP contribution >= 0.6 is 0 Å². The highest BCUT2D eigenvalue weighted by atomic mass is 14.9. The highest BCUT2D eigenvalue weighted by Gasteiger charge is 2.22. The van der Waals surface area contributed by atoms with Crippen molar-refractivity contribution in [2.24, 2.45) is 5.41 Å². The van der Waals surface area contributed by atoms with E-state index in [0.29, 0.717) is 5.92 Å². The van der Waals surface area contributed by atoms with E-state index in [4.69, 9.17) is 4.98 Å². The van der Waals surface area contributed by atoms with Gasteiger partial charge in [-0.2, -0.15) is 0 Å². The van der Waals surface area contributed by atoms with Gasteiger partial charge in [0.15, 0.2) is 0 Å². The molecule has 0 fully saturated rings. The molecule has 0 radical (unpaired) electrons. The third-order valence-corrected chi connectivity index (χ3v) is 7.86. The van der Waals surface area contributed by atoms with E-state index in [2.05, 4.69) is 106 Å². The van der Waals surface area contributed by atoms with E-state index in [1.165, 1.54) is 60.2 Å². The number of nitrogens with zero attached hydrogens (tertiary/aromatic N) is 3. The molecule has 0 saturated heterocycles. The van der Waals surface area contributed by atoms with Gasteiger partial charge < -0.3 is 4.40 Å². The van der Waals surface area contributed by atoms with Crippen LogP contribution in [-0.4, -0.2) is 14.4 Å². The quantitative estimate of drug-likeness (QED) is 0.187. The molecule has 0 amide bonds. The molecule has 0 N–H and O–H groups in total. The molecule has 3 heterocycles. The van der Waals surface area contributed by atoms with Gasteiger partial charge in [-0.25, -0.2) is 9.97 Å². The molecule has 0 aliphatic carbocycles. The molecule has 36 heavy (non-hydrogen) atoms. The Morgan fingerprint density at radius 2 is 1.61 bits per heavy atom. The second-order valence-corrected chi connectivity index (χ2v) is 12.0. The predicted molar refractivity (Wildman–Crippen MR) is 154 cm³/mol. The summed E-state index contributed by atoms with van der Waals surface area (Å²) >= 11 is 0. The molecular weight excluding hydrogens is 438 g/mol. The predicted octanol–water partition coefficient (Wildman–Crippen LogP) is 8.95. The zero-order valence-electron chi connectivity index (χ0n) is 21.9. The van der Waals surface area contributed by atoms with Crippen LogP contribution in [0.3, 0.4) is 0 Å². The second-order valence-electron chi connectivity index (χ2n) is 12.0. The maximum Gasteiger partial charge on any atom is 0.116 e. The van der Waals surface area contributed by atoms with Crippen molar-refractivity contribution in [1.82, 2.24) is 14.4 Å². The van der Waals surface area contributed by atoms with Crippen molar-refractivity contribution in [3.05, 3.63) is 77.6 Å². The largest absolute Gasteiger partial charge is 0.308 e. The maximum absolute atomic E-state index is 4.88. The average Bonchev–Trinajstić information content (AvgIpc) is 3.16. The molecular formula is C33H31N3. The number of fused-ring (bicyclic) bond motifs is 7. The first-order chi connectivity index (χ1) is 17.2. The van der Waals surface area contributed by atoms with Crippen LogP contribution in [0, 0.1) is 12.3 Å². The molecule has 7 rings (SSSR count). The van der Waals surface area contributed by atoms with E-state index in [1.54, 1.807) is 6.33 Å². The van der Waals surface area contributed by atoms with Crippen LogP contribution in [0.15, 0.2) is 60.9 Å². The fraction of sp³-hybridized carbons (Fsp3) is 0.273. The lowest BCUT2D eigenvalue weighted by Gasteiger charge is -2.19. The van der Waals surface area contributed by atoms with E-state index in [9.17, 15) is 0 Å². The van der Waals surface area contributed by atoms with Crippen LogP contribution in [0.2, 0.25) is 0 Å². The van der Waals surface area contributed by atoms with Crippen molar-refractivity contribution in [2.45, 2.75) is 53.9 Å². The zero-order valence-corrected chi connectivity index (χ0v) is 21.9. The van der Waals surface area contributed by atoms with Gasteiger partial charge in [0.2, 0.25) is 0 Å². The Balaban J connectivity index is 1.71. The highest BCUT2D eigenvalue weighted by Crippen LogP contribution is 2.43. The Labute approximate surface area is 211 Å². The summed E-state index contributed by atoms with van der Waals surface area (Å²) in [7, 11) is 0. The van der Waals surface area contributed by atoms with Crippen molar-refractivity contribution < 1.29 is 0 Å². The minimum atomic E-state index is 0.249. The first kappa shape index (κ1) is 21.6. The normalized spacial score (nSPS) is 13.1. The van der Waals surface area contributed by atoms with Crippen LogP contribution in [0.25, 0.3) is 59.9 Å². The fourth-order valence-electron chi connectivity index (χ4n) is 6.28. The lowest BCUT2D eigenvalue weighted by molar-refractivity contribution is 0.411. The lowest BCUT2D eigenvalue weighted by atomic mass is 9.87. The van der Waals surface area contributed by atoms with Gasteiger partial charge in [0, 0.05) is 16.2 Å². The van der Waals surface area contributed by atoms with Gasteiger partial charge in [0.1, 0.15) is 6.33 Å². The molecule has 0 saturated carbocycles. The summed E-state index contributed by atoms with van der Waals surface area (Å²) in [5.74, 6) is 0.484. The Bertz CT molecular complexity index is 1980. The van der Waals surface area contributed by atoms with Gasteiger partial charge in [0.05, 0.1) is 33.0 Å². The SMILES string of the molecule is Cc1c2ccc(CC(C)(C)C)cc2cc2c3ncnc4ccc5c6cc(C(C)C)ccc6n(c12)c5c43. The Kier molecular flexibility index (Phi) is 4.29. The van der Waals surface area contributed by atoms with Crippen molar-refractivity contribution in [2.75, 3.05) is 0 Å². The van der Waals surface area contributed by atoms with E-state index in [0.717, 1.165) is 22.8 Å². The van der Waals surface area contributed by atoms with Crippen molar-refractivity contribution >= 4 is 59.9 Å². The van der Waals surface area contributed by atoms with Crippen molar-refractivity contribution in [1.29, 1.82) is 0 Å². The van der Waals surface area contributed by atoms with Gasteiger partial charge in [-0.3, -0.25) is 0 Å². The zero-order chi connectivity index (χ0) is 24.9. The Hall–Kier alpha value is -3.72. The third kappa shape index (κ3) is 2.92. The van der Waals surface area contributed by atoms with E-state index in [-0.39, 0.29) is 5.41 Å². The van der Waals surface area contributed by atoms with Gasteiger partial charge in [-0.1, -0.05) is 58.9 Å². The number of aromatic nitrogens is 3. The third-order valence-electron chi connectivity index (χ3n) is 7.86. The molecule has 3 heteroatoms. The smallest absolute Gasteiger partial charge is 0.116 e. The lowest BCUT2D eigenvalue weighted by Crippen LogP contribution is -2.09. The molecule has 0 unspecified atom stereocenters. The van der Waals surface area contributed by atoms with Crippen LogP contribution in [0.4, 0.5) is 0 Å². The first-order valence-corrected chi connectivity index (χ1v) is 13.0. The number of hydrogen-bond donors (Lipinski definition) is 0. The average molecular weight is 470 g/mol. The summed E-state index contributed by atoms with van der Waals surface area (Å²) in [6.45, 7) is 13.7.